The van der Waals surface area contributed by atoms with Gasteiger partial charge in [-0.2, -0.15) is 0 Å². The number of carbonyl (C=O) groups excluding carboxylic acids is 2. The monoisotopic (exact) mass is 377 g/mol. The summed E-state index contributed by atoms with van der Waals surface area (Å²) in [4.78, 5) is 29.8. The summed E-state index contributed by atoms with van der Waals surface area (Å²) in [5.41, 5.74) is 8.45. The van der Waals surface area contributed by atoms with Crippen LogP contribution in [0.4, 0.5) is 0 Å². The van der Waals surface area contributed by atoms with Gasteiger partial charge in [0.2, 0.25) is 11.8 Å². The van der Waals surface area contributed by atoms with Gasteiger partial charge in [-0.3, -0.25) is 9.59 Å². The molecule has 0 bridgehead atoms. The van der Waals surface area contributed by atoms with Crippen LogP contribution in [0.1, 0.15) is 42.3 Å². The molecule has 0 saturated carbocycles. The van der Waals surface area contributed by atoms with E-state index in [0.717, 1.165) is 24.0 Å². The summed E-state index contributed by atoms with van der Waals surface area (Å²) >= 11 is 0. The molecule has 1 unspecified atom stereocenters. The number of piperidine rings is 1. The van der Waals surface area contributed by atoms with Gasteiger partial charge in [-0.25, -0.2) is 0 Å². The lowest BCUT2D eigenvalue weighted by molar-refractivity contribution is -0.147. The Balaban J connectivity index is 1.60. The summed E-state index contributed by atoms with van der Waals surface area (Å²) < 4.78 is 0. The molecule has 5 nitrogen and oxygen atoms in total. The maximum atomic E-state index is 13.6. The van der Waals surface area contributed by atoms with Crippen molar-refractivity contribution in [3.05, 3.63) is 71.8 Å². The third-order valence-electron chi connectivity index (χ3n) is 5.93. The molecule has 28 heavy (non-hydrogen) atoms. The predicted octanol–water partition coefficient (Wildman–Crippen LogP) is 2.69. The molecule has 3 atom stereocenters. The minimum absolute atomic E-state index is 0.0182. The van der Waals surface area contributed by atoms with E-state index in [9.17, 15) is 9.59 Å². The third kappa shape index (κ3) is 3.67. The third-order valence-corrected chi connectivity index (χ3v) is 5.93. The first-order valence-electron chi connectivity index (χ1n) is 10.1. The molecule has 2 aliphatic rings. The van der Waals surface area contributed by atoms with Crippen LogP contribution in [0.15, 0.2) is 60.7 Å². The van der Waals surface area contributed by atoms with Crippen LogP contribution in [0, 0.1) is 0 Å². The number of likely N-dealkylation sites (tertiary alicyclic amines) is 2. The van der Waals surface area contributed by atoms with Gasteiger partial charge in [0.05, 0.1) is 0 Å². The summed E-state index contributed by atoms with van der Waals surface area (Å²) in [5, 5.41) is 0. The summed E-state index contributed by atoms with van der Waals surface area (Å²) in [6.45, 7) is 1.74. The lowest BCUT2D eigenvalue weighted by atomic mass is 9.95. The summed E-state index contributed by atoms with van der Waals surface area (Å²) in [7, 11) is 0. The first-order valence-corrected chi connectivity index (χ1v) is 10.1. The van der Waals surface area contributed by atoms with E-state index in [1.165, 1.54) is 0 Å². The average Bonchev–Trinajstić information content (AvgIpc) is 3.13. The Labute approximate surface area is 166 Å². The smallest absolute Gasteiger partial charge is 0.250 e. The van der Waals surface area contributed by atoms with E-state index in [0.29, 0.717) is 26.1 Å². The maximum Gasteiger partial charge on any atom is 0.250 e. The first-order chi connectivity index (χ1) is 13.6. The molecule has 4 rings (SSSR count). The van der Waals surface area contributed by atoms with Gasteiger partial charge in [-0.05, 0) is 24.0 Å². The Morgan fingerprint density at radius 1 is 0.964 bits per heavy atom. The van der Waals surface area contributed by atoms with E-state index in [1.54, 1.807) is 4.90 Å². The largest absolute Gasteiger partial charge is 0.338 e. The summed E-state index contributed by atoms with van der Waals surface area (Å²) in [6, 6.07) is 19.1. The number of rotatable bonds is 4. The van der Waals surface area contributed by atoms with E-state index in [4.69, 9.17) is 5.73 Å². The molecular formula is C23H27N3O2. The second-order valence-electron chi connectivity index (χ2n) is 7.78. The van der Waals surface area contributed by atoms with Crippen LogP contribution in [0.25, 0.3) is 0 Å². The Kier molecular flexibility index (Phi) is 5.44. The van der Waals surface area contributed by atoms with Crippen molar-refractivity contribution < 1.29 is 9.59 Å². The molecule has 146 valence electrons. The molecule has 2 heterocycles. The van der Waals surface area contributed by atoms with Gasteiger partial charge >= 0.3 is 0 Å². The standard InChI is InChI=1S/C23H27N3O2/c24-20-16-25(15-19(20)17-9-3-1-4-10-17)23(28)22(18-11-5-2-6-12-18)26-14-8-7-13-21(26)27/h1-6,9-12,19-20,22H,7-8,13-16,24H2/t19-,20+,22?/m0/s1. The van der Waals surface area contributed by atoms with E-state index in [2.05, 4.69) is 12.1 Å². The van der Waals surface area contributed by atoms with Crippen molar-refractivity contribution in [2.45, 2.75) is 37.3 Å². The summed E-state index contributed by atoms with van der Waals surface area (Å²) in [5.74, 6) is 0.172. The van der Waals surface area contributed by atoms with Gasteiger partial charge in [0, 0.05) is 38.0 Å². The molecule has 2 aromatic carbocycles. The van der Waals surface area contributed by atoms with Crippen LogP contribution in [-0.2, 0) is 9.59 Å². The number of benzene rings is 2. The number of carbonyl (C=O) groups is 2. The molecule has 2 fully saturated rings. The molecule has 0 radical (unpaired) electrons. The van der Waals surface area contributed by atoms with Gasteiger partial charge in [0.25, 0.3) is 0 Å². The lowest BCUT2D eigenvalue weighted by Gasteiger charge is -2.36. The fourth-order valence-electron chi connectivity index (χ4n) is 4.43. The first kappa shape index (κ1) is 18.7. The molecular weight excluding hydrogens is 350 g/mol. The Hall–Kier alpha value is -2.66. The SMILES string of the molecule is N[C@@H]1CN(C(=O)C(c2ccccc2)N2CCCCC2=O)C[C@H]1c1ccccc1. The fraction of sp³-hybridized carbons (Fsp3) is 0.391. The van der Waals surface area contributed by atoms with Crippen molar-refractivity contribution in [1.82, 2.24) is 9.80 Å². The van der Waals surface area contributed by atoms with Crippen LogP contribution in [0.3, 0.4) is 0 Å². The second-order valence-corrected chi connectivity index (χ2v) is 7.78. The van der Waals surface area contributed by atoms with Gasteiger partial charge in [-0.15, -0.1) is 0 Å². The molecule has 0 aliphatic carbocycles. The highest BCUT2D eigenvalue weighted by Crippen LogP contribution is 2.32. The van der Waals surface area contributed by atoms with Gasteiger partial charge < -0.3 is 15.5 Å². The number of hydrogen-bond donors (Lipinski definition) is 1. The molecule has 2 aliphatic heterocycles. The number of nitrogens with zero attached hydrogens (tertiary/aromatic N) is 2. The maximum absolute atomic E-state index is 13.6. The molecule has 2 N–H and O–H groups in total. The minimum atomic E-state index is -0.560. The van der Waals surface area contributed by atoms with Crippen molar-refractivity contribution in [2.75, 3.05) is 19.6 Å². The fourth-order valence-corrected chi connectivity index (χ4v) is 4.43. The highest BCUT2D eigenvalue weighted by atomic mass is 16.2. The molecule has 2 aromatic rings. The van der Waals surface area contributed by atoms with Crippen molar-refractivity contribution in [1.29, 1.82) is 0 Å². The van der Waals surface area contributed by atoms with Crippen molar-refractivity contribution in [2.24, 2.45) is 5.73 Å². The quantitative estimate of drug-likeness (QED) is 0.891. The molecule has 2 amide bonds. The van der Waals surface area contributed by atoms with Crippen LogP contribution in [-0.4, -0.2) is 47.3 Å². The van der Waals surface area contributed by atoms with Gasteiger partial charge in [-0.1, -0.05) is 60.7 Å². The van der Waals surface area contributed by atoms with E-state index < -0.39 is 6.04 Å². The zero-order chi connectivity index (χ0) is 19.5. The van der Waals surface area contributed by atoms with Crippen LogP contribution < -0.4 is 5.73 Å². The topological polar surface area (TPSA) is 66.6 Å². The average molecular weight is 377 g/mol. The van der Waals surface area contributed by atoms with Crippen LogP contribution in [0.2, 0.25) is 0 Å². The van der Waals surface area contributed by atoms with Crippen LogP contribution >= 0.6 is 0 Å². The van der Waals surface area contributed by atoms with Crippen molar-refractivity contribution >= 4 is 11.8 Å². The molecule has 5 heteroatoms. The number of amides is 2. The highest BCUT2D eigenvalue weighted by molar-refractivity contribution is 5.89. The zero-order valence-corrected chi connectivity index (χ0v) is 16.0. The van der Waals surface area contributed by atoms with E-state index in [1.807, 2.05) is 53.4 Å². The normalized spacial score (nSPS) is 23.7. The number of nitrogens with two attached hydrogens (primary N) is 1. The Morgan fingerprint density at radius 2 is 1.64 bits per heavy atom. The van der Waals surface area contributed by atoms with Crippen molar-refractivity contribution in [3.63, 3.8) is 0 Å². The van der Waals surface area contributed by atoms with Gasteiger partial charge in [0.1, 0.15) is 6.04 Å². The van der Waals surface area contributed by atoms with E-state index >= 15 is 0 Å². The summed E-state index contributed by atoms with van der Waals surface area (Å²) in [6.07, 6.45) is 2.35. The lowest BCUT2D eigenvalue weighted by Crippen LogP contribution is -2.47. The Morgan fingerprint density at radius 3 is 2.32 bits per heavy atom. The number of hydrogen-bond acceptors (Lipinski definition) is 3. The van der Waals surface area contributed by atoms with Gasteiger partial charge in [0.15, 0.2) is 0 Å². The second kappa shape index (κ2) is 8.15. The Bertz CT molecular complexity index is 824. The molecule has 0 aromatic heterocycles. The van der Waals surface area contributed by atoms with Crippen LogP contribution in [0.5, 0.6) is 0 Å². The minimum Gasteiger partial charge on any atom is -0.338 e. The molecule has 0 spiro atoms. The predicted molar refractivity (Wildman–Crippen MR) is 108 cm³/mol. The molecule has 2 saturated heterocycles. The van der Waals surface area contributed by atoms with E-state index in [-0.39, 0.29) is 23.8 Å². The highest BCUT2D eigenvalue weighted by Gasteiger charge is 2.40. The van der Waals surface area contributed by atoms with Crippen molar-refractivity contribution in [3.8, 4) is 0 Å². The zero-order valence-electron chi connectivity index (χ0n) is 16.0.